The normalized spacial score (nSPS) is 15.3. The zero-order chi connectivity index (χ0) is 18.8. The monoisotopic (exact) mass is 363 g/mol. The van der Waals surface area contributed by atoms with Gasteiger partial charge in [0.1, 0.15) is 0 Å². The van der Waals surface area contributed by atoms with Crippen LogP contribution in [0.1, 0.15) is 36.0 Å². The Bertz CT molecular complexity index is 971. The van der Waals surface area contributed by atoms with Crippen molar-refractivity contribution in [2.24, 2.45) is 0 Å². The number of benzene rings is 2. The molecule has 140 valence electrons. The molecule has 2 aromatic carbocycles. The first-order chi connectivity index (χ1) is 13.1. The first-order valence-electron chi connectivity index (χ1n) is 9.64. The van der Waals surface area contributed by atoms with Gasteiger partial charge in [0.2, 0.25) is 0 Å². The number of likely N-dealkylation sites (tertiary alicyclic amines) is 1. The second-order valence-corrected chi connectivity index (χ2v) is 7.57. The number of nitro groups is 1. The van der Waals surface area contributed by atoms with E-state index in [0.29, 0.717) is 6.54 Å². The van der Waals surface area contributed by atoms with Crippen molar-refractivity contribution < 1.29 is 4.92 Å². The molecule has 0 saturated carbocycles. The lowest BCUT2D eigenvalue weighted by molar-refractivity contribution is -0.384. The van der Waals surface area contributed by atoms with Crippen LogP contribution in [0, 0.1) is 17.0 Å². The molecule has 4 rings (SSSR count). The second-order valence-electron chi connectivity index (χ2n) is 7.57. The number of hydrogen-bond donors (Lipinski definition) is 0. The van der Waals surface area contributed by atoms with Crippen molar-refractivity contribution in [1.82, 2.24) is 9.47 Å². The molecular weight excluding hydrogens is 338 g/mol. The maximum absolute atomic E-state index is 11.1. The average molecular weight is 363 g/mol. The minimum Gasteiger partial charge on any atom is -0.343 e. The van der Waals surface area contributed by atoms with E-state index in [2.05, 4.69) is 40.8 Å². The Morgan fingerprint density at radius 2 is 1.85 bits per heavy atom. The summed E-state index contributed by atoms with van der Waals surface area (Å²) in [6.45, 7) is 6.08. The molecule has 1 saturated heterocycles. The van der Waals surface area contributed by atoms with Crippen molar-refractivity contribution in [3.8, 4) is 0 Å². The Balaban J connectivity index is 1.68. The first-order valence-corrected chi connectivity index (χ1v) is 9.64. The second kappa shape index (κ2) is 7.53. The number of fused-ring (bicyclic) bond motifs is 1. The standard InChI is InChI=1S/C22H25N3O2/c1-17-8-9-22-21(12-17)19(15-23-10-3-2-4-11-23)16-24(22)14-18-6-5-7-20(13-18)25(26)27/h5-9,12-13,16H,2-4,10-11,14-15H2,1H3. The van der Waals surface area contributed by atoms with E-state index < -0.39 is 0 Å². The molecule has 27 heavy (non-hydrogen) atoms. The average Bonchev–Trinajstić information content (AvgIpc) is 2.99. The lowest BCUT2D eigenvalue weighted by Gasteiger charge is -2.26. The molecule has 0 N–H and O–H groups in total. The van der Waals surface area contributed by atoms with E-state index in [1.165, 1.54) is 54.4 Å². The Kier molecular flexibility index (Phi) is 4.94. The van der Waals surface area contributed by atoms with Gasteiger partial charge >= 0.3 is 0 Å². The van der Waals surface area contributed by atoms with Crippen LogP contribution in [0.2, 0.25) is 0 Å². The van der Waals surface area contributed by atoms with Crippen molar-refractivity contribution >= 4 is 16.6 Å². The van der Waals surface area contributed by atoms with Crippen LogP contribution in [0.25, 0.3) is 10.9 Å². The summed E-state index contributed by atoms with van der Waals surface area (Å²) in [6.07, 6.45) is 6.14. The summed E-state index contributed by atoms with van der Waals surface area (Å²) >= 11 is 0. The molecule has 5 nitrogen and oxygen atoms in total. The molecule has 0 atom stereocenters. The van der Waals surface area contributed by atoms with Gasteiger partial charge in [0.25, 0.3) is 5.69 Å². The van der Waals surface area contributed by atoms with Gasteiger partial charge in [0.15, 0.2) is 0 Å². The van der Waals surface area contributed by atoms with Crippen molar-refractivity contribution in [1.29, 1.82) is 0 Å². The molecule has 1 aromatic heterocycles. The zero-order valence-corrected chi connectivity index (χ0v) is 15.7. The molecule has 0 aliphatic carbocycles. The number of nitro benzene ring substituents is 1. The highest BCUT2D eigenvalue weighted by Gasteiger charge is 2.15. The molecule has 0 bridgehead atoms. The van der Waals surface area contributed by atoms with Crippen molar-refractivity contribution in [3.05, 3.63) is 75.5 Å². The van der Waals surface area contributed by atoms with E-state index in [-0.39, 0.29) is 10.6 Å². The summed E-state index contributed by atoms with van der Waals surface area (Å²) < 4.78 is 2.23. The van der Waals surface area contributed by atoms with Crippen molar-refractivity contribution in [2.45, 2.75) is 39.3 Å². The Morgan fingerprint density at radius 1 is 1.04 bits per heavy atom. The van der Waals surface area contributed by atoms with Crippen molar-refractivity contribution in [2.75, 3.05) is 13.1 Å². The molecule has 1 aliphatic rings. The quantitative estimate of drug-likeness (QED) is 0.479. The fourth-order valence-electron chi connectivity index (χ4n) is 4.07. The van der Waals surface area contributed by atoms with Crippen LogP contribution in [0.5, 0.6) is 0 Å². The number of nitrogens with zero attached hydrogens (tertiary/aromatic N) is 3. The van der Waals surface area contributed by atoms with Crippen LogP contribution in [-0.4, -0.2) is 27.5 Å². The highest BCUT2D eigenvalue weighted by atomic mass is 16.6. The number of aryl methyl sites for hydroxylation is 1. The molecule has 0 unspecified atom stereocenters. The molecule has 3 aromatic rings. The third kappa shape index (κ3) is 3.88. The highest BCUT2D eigenvalue weighted by Crippen LogP contribution is 2.26. The minimum absolute atomic E-state index is 0.147. The summed E-state index contributed by atoms with van der Waals surface area (Å²) in [7, 11) is 0. The lowest BCUT2D eigenvalue weighted by atomic mass is 10.1. The van der Waals surface area contributed by atoms with E-state index in [1.807, 2.05) is 6.07 Å². The van der Waals surface area contributed by atoms with Gasteiger partial charge in [-0.1, -0.05) is 30.2 Å². The van der Waals surface area contributed by atoms with Gasteiger partial charge in [-0.05, 0) is 56.1 Å². The maximum Gasteiger partial charge on any atom is 0.269 e. The Hall–Kier alpha value is -2.66. The smallest absolute Gasteiger partial charge is 0.269 e. The topological polar surface area (TPSA) is 51.3 Å². The van der Waals surface area contributed by atoms with E-state index >= 15 is 0 Å². The number of rotatable bonds is 5. The number of non-ortho nitro benzene ring substituents is 1. The maximum atomic E-state index is 11.1. The fourth-order valence-corrected chi connectivity index (χ4v) is 4.07. The Morgan fingerprint density at radius 3 is 2.63 bits per heavy atom. The third-order valence-electron chi connectivity index (χ3n) is 5.44. The summed E-state index contributed by atoms with van der Waals surface area (Å²) in [4.78, 5) is 13.3. The zero-order valence-electron chi connectivity index (χ0n) is 15.7. The SMILES string of the molecule is Cc1ccc2c(c1)c(CN1CCCCC1)cn2Cc1cccc([N+](=O)[O-])c1. The molecule has 1 fully saturated rings. The molecule has 1 aliphatic heterocycles. The van der Waals surface area contributed by atoms with Gasteiger partial charge in [0.05, 0.1) is 4.92 Å². The van der Waals surface area contributed by atoms with E-state index in [9.17, 15) is 10.1 Å². The predicted octanol–water partition coefficient (Wildman–Crippen LogP) is 4.89. The van der Waals surface area contributed by atoms with Gasteiger partial charge in [-0.3, -0.25) is 15.0 Å². The molecule has 0 amide bonds. The molecule has 0 spiro atoms. The largest absolute Gasteiger partial charge is 0.343 e. The molecular formula is C22H25N3O2. The molecule has 5 heteroatoms. The van der Waals surface area contributed by atoms with Gasteiger partial charge in [-0.2, -0.15) is 0 Å². The summed E-state index contributed by atoms with van der Waals surface area (Å²) in [5, 5.41) is 12.4. The van der Waals surface area contributed by atoms with Gasteiger partial charge in [-0.15, -0.1) is 0 Å². The molecule has 2 heterocycles. The van der Waals surface area contributed by atoms with Crippen LogP contribution in [0.15, 0.2) is 48.7 Å². The lowest BCUT2D eigenvalue weighted by Crippen LogP contribution is -2.28. The number of aromatic nitrogens is 1. The number of hydrogen-bond acceptors (Lipinski definition) is 3. The molecule has 0 radical (unpaired) electrons. The Labute approximate surface area is 159 Å². The first kappa shape index (κ1) is 17.7. The minimum atomic E-state index is -0.331. The van der Waals surface area contributed by atoms with E-state index in [0.717, 1.165) is 12.1 Å². The van der Waals surface area contributed by atoms with E-state index in [1.54, 1.807) is 18.2 Å². The summed E-state index contributed by atoms with van der Waals surface area (Å²) in [6, 6.07) is 13.5. The van der Waals surface area contributed by atoms with Crippen LogP contribution >= 0.6 is 0 Å². The van der Waals surface area contributed by atoms with Gasteiger partial charge in [0, 0.05) is 42.3 Å². The summed E-state index contributed by atoms with van der Waals surface area (Å²) in [5.41, 5.74) is 4.90. The van der Waals surface area contributed by atoms with Crippen LogP contribution in [0.4, 0.5) is 5.69 Å². The third-order valence-corrected chi connectivity index (χ3v) is 5.44. The van der Waals surface area contributed by atoms with Crippen LogP contribution in [-0.2, 0) is 13.1 Å². The van der Waals surface area contributed by atoms with Gasteiger partial charge < -0.3 is 4.57 Å². The van der Waals surface area contributed by atoms with Crippen molar-refractivity contribution in [3.63, 3.8) is 0 Å². The van der Waals surface area contributed by atoms with Crippen LogP contribution < -0.4 is 0 Å². The van der Waals surface area contributed by atoms with E-state index in [4.69, 9.17) is 0 Å². The van der Waals surface area contributed by atoms with Gasteiger partial charge in [-0.25, -0.2) is 0 Å². The van der Waals surface area contributed by atoms with Crippen LogP contribution in [0.3, 0.4) is 0 Å². The predicted molar refractivity (Wildman–Crippen MR) is 108 cm³/mol. The highest BCUT2D eigenvalue weighted by molar-refractivity contribution is 5.84. The fraction of sp³-hybridized carbons (Fsp3) is 0.364. The summed E-state index contributed by atoms with van der Waals surface area (Å²) in [5.74, 6) is 0. The number of piperidine rings is 1.